The fourth-order valence-electron chi connectivity index (χ4n) is 2.41. The summed E-state index contributed by atoms with van der Waals surface area (Å²) < 4.78 is 27.9. The molecule has 5 heteroatoms. The zero-order chi connectivity index (χ0) is 14.0. The topological polar surface area (TPSA) is 12.0 Å². The van der Waals surface area contributed by atoms with Gasteiger partial charge in [0.1, 0.15) is 0 Å². The van der Waals surface area contributed by atoms with Gasteiger partial charge in [0.2, 0.25) is 0 Å². The minimum absolute atomic E-state index is 0.150. The molecular formula is C14H19F2NS2. The molecular weight excluding hydrogens is 284 g/mol. The lowest BCUT2D eigenvalue weighted by atomic mass is 9.99. The number of thioether (sulfide) groups is 2. The van der Waals surface area contributed by atoms with Crippen molar-refractivity contribution in [1.82, 2.24) is 5.32 Å². The predicted octanol–water partition coefficient (Wildman–Crippen LogP) is 3.77. The third-order valence-corrected chi connectivity index (χ3v) is 6.71. The van der Waals surface area contributed by atoms with Crippen LogP contribution in [0.2, 0.25) is 0 Å². The molecule has 1 fully saturated rings. The predicted molar refractivity (Wildman–Crippen MR) is 81.1 cm³/mol. The Morgan fingerprint density at radius 1 is 1.21 bits per heavy atom. The average molecular weight is 303 g/mol. The van der Waals surface area contributed by atoms with Crippen LogP contribution >= 0.6 is 23.5 Å². The van der Waals surface area contributed by atoms with Crippen LogP contribution in [0.4, 0.5) is 8.78 Å². The highest BCUT2D eigenvalue weighted by molar-refractivity contribution is 8.07. The molecule has 1 aromatic rings. The summed E-state index contributed by atoms with van der Waals surface area (Å²) in [5.74, 6) is 0.763. The third-order valence-electron chi connectivity index (χ3n) is 3.52. The van der Waals surface area contributed by atoms with Crippen molar-refractivity contribution in [2.45, 2.75) is 30.4 Å². The van der Waals surface area contributed by atoms with E-state index in [9.17, 15) is 8.78 Å². The Hall–Kier alpha value is -0.260. The molecule has 2 rings (SSSR count). The molecule has 0 amide bonds. The fraction of sp³-hybridized carbons (Fsp3) is 0.571. The Balaban J connectivity index is 2.34. The van der Waals surface area contributed by atoms with Crippen LogP contribution < -0.4 is 5.32 Å². The molecule has 3 atom stereocenters. The summed E-state index contributed by atoms with van der Waals surface area (Å²) in [5.41, 5.74) is 0.798. The van der Waals surface area contributed by atoms with E-state index in [0.29, 0.717) is 16.4 Å². The maximum Gasteiger partial charge on any atom is 0.163 e. The molecule has 1 N–H and O–H groups in total. The molecule has 1 saturated heterocycles. The van der Waals surface area contributed by atoms with Crippen molar-refractivity contribution in [3.8, 4) is 0 Å². The van der Waals surface area contributed by atoms with Gasteiger partial charge in [0.05, 0.1) is 0 Å². The van der Waals surface area contributed by atoms with Crippen molar-refractivity contribution in [2.75, 3.05) is 18.6 Å². The highest BCUT2D eigenvalue weighted by Crippen LogP contribution is 2.39. The molecule has 1 aromatic carbocycles. The number of halogens is 2. The largest absolute Gasteiger partial charge is 0.312 e. The first-order valence-electron chi connectivity index (χ1n) is 6.41. The van der Waals surface area contributed by atoms with Crippen LogP contribution in [-0.2, 0) is 0 Å². The number of nitrogens with one attached hydrogen (secondary N) is 1. The molecule has 1 heterocycles. The van der Waals surface area contributed by atoms with E-state index in [2.05, 4.69) is 12.2 Å². The Bertz CT molecular complexity index is 453. The molecule has 106 valence electrons. The summed E-state index contributed by atoms with van der Waals surface area (Å²) in [6.45, 7) is 3.75. The second kappa shape index (κ2) is 6.46. The van der Waals surface area contributed by atoms with E-state index in [1.165, 1.54) is 0 Å². The Morgan fingerprint density at radius 3 is 2.53 bits per heavy atom. The van der Waals surface area contributed by atoms with Crippen molar-refractivity contribution in [3.05, 3.63) is 34.9 Å². The molecule has 1 nitrogen and oxygen atoms in total. The number of hydrogen-bond acceptors (Lipinski definition) is 3. The summed E-state index contributed by atoms with van der Waals surface area (Å²) in [5, 5.41) is 3.86. The van der Waals surface area contributed by atoms with Crippen LogP contribution in [0, 0.1) is 18.6 Å². The average Bonchev–Trinajstić information content (AvgIpc) is 2.41. The first kappa shape index (κ1) is 15.1. The lowest BCUT2D eigenvalue weighted by Gasteiger charge is -2.34. The molecule has 0 radical (unpaired) electrons. The summed E-state index contributed by atoms with van der Waals surface area (Å²) in [4.78, 5) is 0. The van der Waals surface area contributed by atoms with E-state index < -0.39 is 11.6 Å². The summed E-state index contributed by atoms with van der Waals surface area (Å²) in [6, 6.07) is 3.22. The number of rotatable bonds is 3. The van der Waals surface area contributed by atoms with Crippen molar-refractivity contribution in [3.63, 3.8) is 0 Å². The van der Waals surface area contributed by atoms with E-state index >= 15 is 0 Å². The number of aryl methyl sites for hydroxylation is 1. The Labute approximate surface area is 121 Å². The van der Waals surface area contributed by atoms with Gasteiger partial charge in [-0.05, 0) is 19.5 Å². The van der Waals surface area contributed by atoms with Gasteiger partial charge in [0.15, 0.2) is 11.6 Å². The second-order valence-electron chi connectivity index (χ2n) is 4.78. The van der Waals surface area contributed by atoms with Crippen LogP contribution in [0.15, 0.2) is 12.1 Å². The van der Waals surface area contributed by atoms with Crippen molar-refractivity contribution >= 4 is 23.5 Å². The number of hydrogen-bond donors (Lipinski definition) is 1. The van der Waals surface area contributed by atoms with Gasteiger partial charge < -0.3 is 5.32 Å². The molecule has 0 saturated carbocycles. The molecule has 1 aliphatic rings. The molecule has 0 spiro atoms. The van der Waals surface area contributed by atoms with Crippen LogP contribution in [-0.4, -0.2) is 29.1 Å². The Kier molecular flexibility index (Phi) is 5.15. The first-order valence-corrected chi connectivity index (χ1v) is 8.51. The normalized spacial score (nSPS) is 25.3. The van der Waals surface area contributed by atoms with Crippen molar-refractivity contribution < 1.29 is 8.78 Å². The van der Waals surface area contributed by atoms with Crippen LogP contribution in [0.3, 0.4) is 0 Å². The molecule has 3 unspecified atom stereocenters. The monoisotopic (exact) mass is 303 g/mol. The zero-order valence-corrected chi connectivity index (χ0v) is 13.0. The summed E-state index contributed by atoms with van der Waals surface area (Å²) in [6.07, 6.45) is 0. The van der Waals surface area contributed by atoms with Crippen LogP contribution in [0.25, 0.3) is 0 Å². The van der Waals surface area contributed by atoms with E-state index in [-0.39, 0.29) is 11.3 Å². The van der Waals surface area contributed by atoms with Gasteiger partial charge >= 0.3 is 0 Å². The van der Waals surface area contributed by atoms with Gasteiger partial charge in [-0.2, -0.15) is 23.5 Å². The molecule has 0 aliphatic carbocycles. The van der Waals surface area contributed by atoms with Gasteiger partial charge in [-0.15, -0.1) is 0 Å². The van der Waals surface area contributed by atoms with Crippen LogP contribution in [0.5, 0.6) is 0 Å². The van der Waals surface area contributed by atoms with E-state index in [1.807, 2.05) is 30.6 Å². The van der Waals surface area contributed by atoms with Gasteiger partial charge in [0.25, 0.3) is 0 Å². The first-order chi connectivity index (χ1) is 9.06. The lowest BCUT2D eigenvalue weighted by Crippen LogP contribution is -2.36. The third kappa shape index (κ3) is 3.09. The summed E-state index contributed by atoms with van der Waals surface area (Å²) in [7, 11) is 1.81. The maximum atomic E-state index is 14.2. The van der Waals surface area contributed by atoms with Gasteiger partial charge in [-0.3, -0.25) is 0 Å². The number of benzene rings is 1. The van der Waals surface area contributed by atoms with E-state index in [1.54, 1.807) is 19.1 Å². The Morgan fingerprint density at radius 2 is 1.89 bits per heavy atom. The van der Waals surface area contributed by atoms with Crippen molar-refractivity contribution in [1.29, 1.82) is 0 Å². The highest BCUT2D eigenvalue weighted by Gasteiger charge is 2.32. The molecule has 0 aromatic heterocycles. The SMILES string of the molecule is CNC(c1ccc(C)c(F)c1F)C1SCCSC1C. The lowest BCUT2D eigenvalue weighted by molar-refractivity contribution is 0.464. The molecule has 1 aliphatic heterocycles. The smallest absolute Gasteiger partial charge is 0.163 e. The summed E-state index contributed by atoms with van der Waals surface area (Å²) >= 11 is 3.75. The molecule has 19 heavy (non-hydrogen) atoms. The second-order valence-corrected chi connectivity index (χ2v) is 7.55. The quantitative estimate of drug-likeness (QED) is 0.913. The zero-order valence-electron chi connectivity index (χ0n) is 11.4. The van der Waals surface area contributed by atoms with Gasteiger partial charge in [-0.25, -0.2) is 8.78 Å². The maximum absolute atomic E-state index is 14.2. The molecule has 0 bridgehead atoms. The standard InChI is InChI=1S/C14H19F2NS2/c1-8-4-5-10(12(16)11(8)15)13(17-3)14-9(2)18-6-7-19-14/h4-5,9,13-14,17H,6-7H2,1-3H3. The van der Waals surface area contributed by atoms with E-state index in [0.717, 1.165) is 11.5 Å². The van der Waals surface area contributed by atoms with Gasteiger partial charge in [0, 0.05) is 33.6 Å². The van der Waals surface area contributed by atoms with Gasteiger partial charge in [-0.1, -0.05) is 19.1 Å². The van der Waals surface area contributed by atoms with Crippen LogP contribution in [0.1, 0.15) is 24.1 Å². The minimum Gasteiger partial charge on any atom is -0.312 e. The fourth-order valence-corrected chi connectivity index (χ4v) is 5.39. The van der Waals surface area contributed by atoms with Crippen molar-refractivity contribution in [2.24, 2.45) is 0 Å². The van der Waals surface area contributed by atoms with E-state index in [4.69, 9.17) is 0 Å². The highest BCUT2D eigenvalue weighted by atomic mass is 32.2. The minimum atomic E-state index is -0.723.